The van der Waals surface area contributed by atoms with Crippen LogP contribution in [0.15, 0.2) is 23.9 Å². The van der Waals surface area contributed by atoms with Crippen molar-refractivity contribution in [1.82, 2.24) is 0 Å². The fourth-order valence-corrected chi connectivity index (χ4v) is 4.40. The lowest BCUT2D eigenvalue weighted by atomic mass is 9.67. The predicted molar refractivity (Wildman–Crippen MR) is 79.1 cm³/mol. The average Bonchev–Trinajstić information content (AvgIpc) is 2.75. The second-order valence-electron chi connectivity index (χ2n) is 6.37. The number of hydrogen-bond acceptors (Lipinski definition) is 1. The van der Waals surface area contributed by atoms with Gasteiger partial charge in [0, 0.05) is 5.70 Å². The zero-order valence-electron chi connectivity index (χ0n) is 12.1. The molecule has 3 atom stereocenters. The third-order valence-electron chi connectivity index (χ3n) is 5.22. The van der Waals surface area contributed by atoms with Gasteiger partial charge in [0.1, 0.15) is 0 Å². The molecule has 0 saturated heterocycles. The Kier molecular flexibility index (Phi) is 4.53. The molecule has 1 heteroatoms. The molecule has 0 aromatic rings. The molecule has 0 radical (unpaired) electrons. The molecule has 0 bridgehead atoms. The van der Waals surface area contributed by atoms with E-state index < -0.39 is 0 Å². The van der Waals surface area contributed by atoms with Crippen molar-refractivity contribution in [3.05, 3.63) is 23.9 Å². The van der Waals surface area contributed by atoms with Crippen molar-refractivity contribution in [3.63, 3.8) is 0 Å². The summed E-state index contributed by atoms with van der Waals surface area (Å²) in [5.74, 6) is 1.70. The summed E-state index contributed by atoms with van der Waals surface area (Å²) in [4.78, 5) is 0. The molecule has 1 saturated carbocycles. The van der Waals surface area contributed by atoms with Crippen LogP contribution in [0.3, 0.4) is 0 Å². The molecule has 3 unspecified atom stereocenters. The first-order valence-electron chi connectivity index (χ1n) is 7.84. The van der Waals surface area contributed by atoms with E-state index in [0.717, 1.165) is 24.0 Å². The quantitative estimate of drug-likeness (QED) is 0.742. The van der Waals surface area contributed by atoms with Crippen molar-refractivity contribution in [2.24, 2.45) is 23.0 Å². The van der Waals surface area contributed by atoms with E-state index in [-0.39, 0.29) is 0 Å². The van der Waals surface area contributed by atoms with Crippen molar-refractivity contribution < 1.29 is 0 Å². The van der Waals surface area contributed by atoms with Gasteiger partial charge in [-0.25, -0.2) is 0 Å². The molecule has 2 aliphatic carbocycles. The van der Waals surface area contributed by atoms with Crippen LogP contribution < -0.4 is 5.73 Å². The maximum Gasteiger partial charge on any atom is 0.0270 e. The molecule has 0 amide bonds. The minimum Gasteiger partial charge on any atom is -0.399 e. The van der Waals surface area contributed by atoms with Gasteiger partial charge in [0.15, 0.2) is 0 Å². The molecule has 1 nitrogen and oxygen atoms in total. The highest BCUT2D eigenvalue weighted by Gasteiger charge is 2.41. The number of rotatable bonds is 5. The third-order valence-corrected chi connectivity index (χ3v) is 5.22. The smallest absolute Gasteiger partial charge is 0.0270 e. The number of nitrogens with two attached hydrogens (primary N) is 1. The van der Waals surface area contributed by atoms with Gasteiger partial charge in [-0.1, -0.05) is 45.3 Å². The van der Waals surface area contributed by atoms with Crippen LogP contribution >= 0.6 is 0 Å². The first-order chi connectivity index (χ1) is 8.70. The molecule has 0 aromatic carbocycles. The highest BCUT2D eigenvalue weighted by Crippen LogP contribution is 2.52. The molecule has 0 spiro atoms. The topological polar surface area (TPSA) is 26.0 Å². The Labute approximate surface area is 113 Å². The second-order valence-corrected chi connectivity index (χ2v) is 6.37. The molecule has 1 fully saturated rings. The standard InChI is InChI=1S/C17H29N/c1-3-11-17(12-5-6-15(17)4-2)13-14-7-9-16(18)10-8-14/h7,9-10,14-15H,3-6,8,11-13,18H2,1-2H3. The summed E-state index contributed by atoms with van der Waals surface area (Å²) in [6, 6.07) is 0. The van der Waals surface area contributed by atoms with Crippen LogP contribution in [0.1, 0.15) is 65.2 Å². The summed E-state index contributed by atoms with van der Waals surface area (Å²) in [6.45, 7) is 4.73. The van der Waals surface area contributed by atoms with Crippen LogP contribution in [0.2, 0.25) is 0 Å². The number of hydrogen-bond donors (Lipinski definition) is 1. The van der Waals surface area contributed by atoms with Gasteiger partial charge < -0.3 is 5.73 Å². The monoisotopic (exact) mass is 247 g/mol. The lowest BCUT2D eigenvalue weighted by Crippen LogP contribution is -2.28. The normalized spacial score (nSPS) is 35.8. The van der Waals surface area contributed by atoms with Gasteiger partial charge >= 0.3 is 0 Å². The predicted octanol–water partition coefficient (Wildman–Crippen LogP) is 4.79. The molecule has 2 N–H and O–H groups in total. The molecule has 0 heterocycles. The molecular formula is C17H29N. The Morgan fingerprint density at radius 2 is 2.22 bits per heavy atom. The molecule has 2 aliphatic rings. The van der Waals surface area contributed by atoms with Crippen molar-refractivity contribution in [1.29, 1.82) is 0 Å². The van der Waals surface area contributed by atoms with Gasteiger partial charge in [0.25, 0.3) is 0 Å². The fourth-order valence-electron chi connectivity index (χ4n) is 4.40. The first kappa shape index (κ1) is 13.7. The highest BCUT2D eigenvalue weighted by atomic mass is 14.6. The van der Waals surface area contributed by atoms with Gasteiger partial charge in [0.05, 0.1) is 0 Å². The number of allylic oxidation sites excluding steroid dienone is 3. The van der Waals surface area contributed by atoms with Gasteiger partial charge in [0.2, 0.25) is 0 Å². The van der Waals surface area contributed by atoms with E-state index in [9.17, 15) is 0 Å². The van der Waals surface area contributed by atoms with Gasteiger partial charge in [-0.15, -0.1) is 0 Å². The van der Waals surface area contributed by atoms with Gasteiger partial charge in [-0.05, 0) is 55.4 Å². The summed E-state index contributed by atoms with van der Waals surface area (Å²) in [6.07, 6.45) is 17.7. The van der Waals surface area contributed by atoms with E-state index >= 15 is 0 Å². The van der Waals surface area contributed by atoms with Crippen LogP contribution in [-0.4, -0.2) is 0 Å². The minimum atomic E-state index is 0.637. The lowest BCUT2D eigenvalue weighted by Gasteiger charge is -2.38. The molecule has 18 heavy (non-hydrogen) atoms. The Morgan fingerprint density at radius 1 is 1.39 bits per heavy atom. The summed E-state index contributed by atoms with van der Waals surface area (Å²) in [5, 5.41) is 0. The first-order valence-corrected chi connectivity index (χ1v) is 7.84. The third kappa shape index (κ3) is 2.81. The zero-order chi connectivity index (χ0) is 13.0. The summed E-state index contributed by atoms with van der Waals surface area (Å²) in [5.41, 5.74) is 7.41. The van der Waals surface area contributed by atoms with E-state index in [1.165, 1.54) is 44.9 Å². The fraction of sp³-hybridized carbons (Fsp3) is 0.765. The largest absolute Gasteiger partial charge is 0.399 e. The maximum absolute atomic E-state index is 5.82. The molecule has 2 rings (SSSR count). The Hall–Kier alpha value is -0.720. The SMILES string of the molecule is CCCC1(CC2C=CC(N)=CC2)CCCC1CC. The van der Waals surface area contributed by atoms with Crippen LogP contribution in [0.4, 0.5) is 0 Å². The van der Waals surface area contributed by atoms with E-state index in [0.29, 0.717) is 5.41 Å². The van der Waals surface area contributed by atoms with E-state index in [1.807, 2.05) is 0 Å². The van der Waals surface area contributed by atoms with E-state index in [4.69, 9.17) is 5.73 Å². The van der Waals surface area contributed by atoms with Crippen molar-refractivity contribution in [2.75, 3.05) is 0 Å². The zero-order valence-corrected chi connectivity index (χ0v) is 12.1. The minimum absolute atomic E-state index is 0.637. The average molecular weight is 247 g/mol. The van der Waals surface area contributed by atoms with Crippen LogP contribution in [-0.2, 0) is 0 Å². The maximum atomic E-state index is 5.82. The summed E-state index contributed by atoms with van der Waals surface area (Å²) < 4.78 is 0. The van der Waals surface area contributed by atoms with Crippen molar-refractivity contribution in [2.45, 2.75) is 65.2 Å². The second kappa shape index (κ2) is 5.95. The van der Waals surface area contributed by atoms with Crippen molar-refractivity contribution >= 4 is 0 Å². The van der Waals surface area contributed by atoms with Crippen LogP contribution in [0, 0.1) is 17.3 Å². The van der Waals surface area contributed by atoms with Crippen LogP contribution in [0.25, 0.3) is 0 Å². The van der Waals surface area contributed by atoms with Gasteiger partial charge in [-0.2, -0.15) is 0 Å². The highest BCUT2D eigenvalue weighted by molar-refractivity contribution is 5.20. The lowest BCUT2D eigenvalue weighted by molar-refractivity contribution is 0.138. The molecule has 102 valence electrons. The molecule has 0 aliphatic heterocycles. The Bertz CT molecular complexity index is 329. The van der Waals surface area contributed by atoms with Crippen molar-refractivity contribution in [3.8, 4) is 0 Å². The summed E-state index contributed by atoms with van der Waals surface area (Å²) in [7, 11) is 0. The Morgan fingerprint density at radius 3 is 2.83 bits per heavy atom. The van der Waals surface area contributed by atoms with Gasteiger partial charge in [-0.3, -0.25) is 0 Å². The van der Waals surface area contributed by atoms with E-state index in [2.05, 4.69) is 32.1 Å². The Balaban J connectivity index is 2.05. The molecule has 0 aromatic heterocycles. The summed E-state index contributed by atoms with van der Waals surface area (Å²) >= 11 is 0. The molecular weight excluding hydrogens is 218 g/mol. The van der Waals surface area contributed by atoms with Crippen LogP contribution in [0.5, 0.6) is 0 Å². The van der Waals surface area contributed by atoms with E-state index in [1.54, 1.807) is 0 Å².